The Bertz CT molecular complexity index is 769. The van der Waals surface area contributed by atoms with Crippen molar-refractivity contribution in [2.24, 2.45) is 0 Å². The van der Waals surface area contributed by atoms with Crippen LogP contribution in [-0.2, 0) is 6.67 Å². The van der Waals surface area contributed by atoms with Crippen molar-refractivity contribution in [3.05, 3.63) is 54.1 Å². The SMILES string of the molecule is c1ccc2c(c1)nnn2CNc1ccc(C2CCCCC2)cc1. The van der Waals surface area contributed by atoms with Crippen LogP contribution in [0.2, 0.25) is 0 Å². The lowest BCUT2D eigenvalue weighted by atomic mass is 9.84. The Hall–Kier alpha value is -2.36. The Balaban J connectivity index is 1.43. The van der Waals surface area contributed by atoms with Crippen molar-refractivity contribution in [3.63, 3.8) is 0 Å². The van der Waals surface area contributed by atoms with Gasteiger partial charge in [-0.3, -0.25) is 0 Å². The van der Waals surface area contributed by atoms with Crippen LogP contribution in [0.5, 0.6) is 0 Å². The molecule has 0 amide bonds. The molecule has 0 unspecified atom stereocenters. The normalized spacial score (nSPS) is 15.8. The predicted octanol–water partition coefficient (Wildman–Crippen LogP) is 4.55. The van der Waals surface area contributed by atoms with Gasteiger partial charge < -0.3 is 5.32 Å². The van der Waals surface area contributed by atoms with E-state index in [2.05, 4.69) is 39.9 Å². The number of nitrogens with one attached hydrogen (secondary N) is 1. The minimum Gasteiger partial charge on any atom is -0.366 e. The molecule has 0 radical (unpaired) electrons. The molecule has 3 aromatic rings. The lowest BCUT2D eigenvalue weighted by molar-refractivity contribution is 0.443. The van der Waals surface area contributed by atoms with Gasteiger partial charge in [-0.15, -0.1) is 5.10 Å². The summed E-state index contributed by atoms with van der Waals surface area (Å²) in [6, 6.07) is 16.9. The highest BCUT2D eigenvalue weighted by Crippen LogP contribution is 2.32. The molecule has 1 saturated carbocycles. The van der Waals surface area contributed by atoms with E-state index in [1.165, 1.54) is 37.7 Å². The number of aromatic nitrogens is 3. The molecule has 1 heterocycles. The van der Waals surface area contributed by atoms with E-state index in [4.69, 9.17) is 0 Å². The second-order valence-corrected chi connectivity index (χ2v) is 6.37. The molecular formula is C19H22N4. The number of fused-ring (bicyclic) bond motifs is 1. The molecule has 0 aliphatic heterocycles. The molecule has 0 spiro atoms. The molecule has 118 valence electrons. The smallest absolute Gasteiger partial charge is 0.113 e. The highest BCUT2D eigenvalue weighted by molar-refractivity contribution is 5.73. The summed E-state index contributed by atoms with van der Waals surface area (Å²) in [6.07, 6.45) is 6.85. The standard InChI is InChI=1S/C19H22N4/c1-2-6-15(7-3-1)16-10-12-17(13-11-16)20-14-23-19-9-5-4-8-18(19)21-22-23/h4-5,8-13,15,20H,1-3,6-7,14H2. The minimum absolute atomic E-state index is 0.628. The largest absolute Gasteiger partial charge is 0.366 e. The summed E-state index contributed by atoms with van der Waals surface area (Å²) in [5.74, 6) is 0.761. The molecule has 0 bridgehead atoms. The van der Waals surface area contributed by atoms with Crippen LogP contribution >= 0.6 is 0 Å². The van der Waals surface area contributed by atoms with Crippen LogP contribution in [0.4, 0.5) is 5.69 Å². The van der Waals surface area contributed by atoms with Crippen molar-refractivity contribution in [1.82, 2.24) is 15.0 Å². The van der Waals surface area contributed by atoms with Crippen LogP contribution in [0.1, 0.15) is 43.6 Å². The number of benzene rings is 2. The maximum absolute atomic E-state index is 4.21. The first-order valence-electron chi connectivity index (χ1n) is 8.52. The van der Waals surface area contributed by atoms with E-state index in [1.54, 1.807) is 0 Å². The third-order valence-corrected chi connectivity index (χ3v) is 4.84. The molecule has 1 aromatic heterocycles. The predicted molar refractivity (Wildman–Crippen MR) is 93.4 cm³/mol. The first-order valence-corrected chi connectivity index (χ1v) is 8.52. The van der Waals surface area contributed by atoms with Crippen LogP contribution in [0, 0.1) is 0 Å². The van der Waals surface area contributed by atoms with E-state index in [0.29, 0.717) is 6.67 Å². The van der Waals surface area contributed by atoms with E-state index < -0.39 is 0 Å². The van der Waals surface area contributed by atoms with Gasteiger partial charge in [-0.05, 0) is 48.6 Å². The zero-order chi connectivity index (χ0) is 15.5. The fourth-order valence-corrected chi connectivity index (χ4v) is 3.51. The summed E-state index contributed by atoms with van der Waals surface area (Å²) in [4.78, 5) is 0. The van der Waals surface area contributed by atoms with Crippen molar-refractivity contribution in [3.8, 4) is 0 Å². The van der Waals surface area contributed by atoms with Crippen LogP contribution in [0.25, 0.3) is 11.0 Å². The van der Waals surface area contributed by atoms with Gasteiger partial charge in [0.1, 0.15) is 12.2 Å². The van der Waals surface area contributed by atoms with Crippen LogP contribution < -0.4 is 5.32 Å². The zero-order valence-electron chi connectivity index (χ0n) is 13.3. The summed E-state index contributed by atoms with van der Waals surface area (Å²) in [5, 5.41) is 11.8. The van der Waals surface area contributed by atoms with Gasteiger partial charge in [0.15, 0.2) is 0 Å². The molecule has 0 saturated heterocycles. The van der Waals surface area contributed by atoms with Crippen molar-refractivity contribution < 1.29 is 0 Å². The van der Waals surface area contributed by atoms with Crippen molar-refractivity contribution >= 4 is 16.7 Å². The van der Waals surface area contributed by atoms with Gasteiger partial charge in [-0.1, -0.05) is 48.7 Å². The molecule has 1 aliphatic carbocycles. The lowest BCUT2D eigenvalue weighted by Crippen LogP contribution is -2.10. The quantitative estimate of drug-likeness (QED) is 0.769. The molecule has 1 N–H and O–H groups in total. The average molecular weight is 306 g/mol. The molecule has 1 aliphatic rings. The lowest BCUT2D eigenvalue weighted by Gasteiger charge is -2.22. The summed E-state index contributed by atoms with van der Waals surface area (Å²) >= 11 is 0. The first kappa shape index (κ1) is 14.2. The number of hydrogen-bond donors (Lipinski definition) is 1. The average Bonchev–Trinajstić information content (AvgIpc) is 3.04. The highest BCUT2D eigenvalue weighted by atomic mass is 15.4. The summed E-state index contributed by atoms with van der Waals surface area (Å²) in [6.45, 7) is 0.628. The van der Waals surface area contributed by atoms with E-state index in [9.17, 15) is 0 Å². The zero-order valence-corrected chi connectivity index (χ0v) is 13.3. The molecule has 23 heavy (non-hydrogen) atoms. The maximum atomic E-state index is 4.21. The summed E-state index contributed by atoms with van der Waals surface area (Å²) < 4.78 is 1.89. The molecular weight excluding hydrogens is 284 g/mol. The second-order valence-electron chi connectivity index (χ2n) is 6.37. The molecule has 4 nitrogen and oxygen atoms in total. The van der Waals surface area contributed by atoms with E-state index in [1.807, 2.05) is 28.9 Å². The first-order chi connectivity index (χ1) is 11.4. The Morgan fingerprint density at radius 2 is 1.74 bits per heavy atom. The third kappa shape index (κ3) is 3.07. The number of nitrogens with zero attached hydrogens (tertiary/aromatic N) is 3. The summed E-state index contributed by atoms with van der Waals surface area (Å²) in [5.41, 5.74) is 4.60. The Morgan fingerprint density at radius 1 is 0.957 bits per heavy atom. The molecule has 2 aromatic carbocycles. The highest BCUT2D eigenvalue weighted by Gasteiger charge is 2.15. The Labute approximate surface area is 136 Å². The number of anilines is 1. The molecule has 1 fully saturated rings. The van der Waals surface area contributed by atoms with E-state index >= 15 is 0 Å². The topological polar surface area (TPSA) is 42.7 Å². The third-order valence-electron chi connectivity index (χ3n) is 4.84. The molecule has 4 heteroatoms. The van der Waals surface area contributed by atoms with E-state index in [0.717, 1.165) is 22.6 Å². The van der Waals surface area contributed by atoms with Crippen LogP contribution in [0.3, 0.4) is 0 Å². The minimum atomic E-state index is 0.628. The second kappa shape index (κ2) is 6.41. The van der Waals surface area contributed by atoms with Gasteiger partial charge in [-0.25, -0.2) is 4.68 Å². The van der Waals surface area contributed by atoms with Gasteiger partial charge in [0.2, 0.25) is 0 Å². The van der Waals surface area contributed by atoms with Crippen molar-refractivity contribution in [2.45, 2.75) is 44.7 Å². The van der Waals surface area contributed by atoms with Crippen LogP contribution in [0.15, 0.2) is 48.5 Å². The number of rotatable bonds is 4. The van der Waals surface area contributed by atoms with Crippen molar-refractivity contribution in [1.29, 1.82) is 0 Å². The number of para-hydroxylation sites is 1. The molecule has 0 atom stereocenters. The summed E-state index contributed by atoms with van der Waals surface area (Å²) in [7, 11) is 0. The van der Waals surface area contributed by atoms with Crippen LogP contribution in [-0.4, -0.2) is 15.0 Å². The van der Waals surface area contributed by atoms with Gasteiger partial charge >= 0.3 is 0 Å². The Kier molecular flexibility index (Phi) is 3.97. The number of hydrogen-bond acceptors (Lipinski definition) is 3. The fraction of sp³-hybridized carbons (Fsp3) is 0.368. The van der Waals surface area contributed by atoms with Gasteiger partial charge in [-0.2, -0.15) is 0 Å². The van der Waals surface area contributed by atoms with Gasteiger partial charge in [0.05, 0.1) is 5.52 Å². The van der Waals surface area contributed by atoms with Gasteiger partial charge in [0.25, 0.3) is 0 Å². The maximum Gasteiger partial charge on any atom is 0.113 e. The molecule has 4 rings (SSSR count). The van der Waals surface area contributed by atoms with Crippen molar-refractivity contribution in [2.75, 3.05) is 5.32 Å². The monoisotopic (exact) mass is 306 g/mol. The Morgan fingerprint density at radius 3 is 2.57 bits per heavy atom. The fourth-order valence-electron chi connectivity index (χ4n) is 3.51. The van der Waals surface area contributed by atoms with Gasteiger partial charge in [0, 0.05) is 5.69 Å². The van der Waals surface area contributed by atoms with E-state index in [-0.39, 0.29) is 0 Å².